The highest BCUT2D eigenvalue weighted by Crippen LogP contribution is 2.34. The Hall–Kier alpha value is -1.46. The van der Waals surface area contributed by atoms with Gasteiger partial charge in [-0.05, 0) is 30.9 Å². The Bertz CT molecular complexity index is 576. The van der Waals surface area contributed by atoms with E-state index < -0.39 is 6.04 Å². The molecule has 1 fully saturated rings. The average Bonchev–Trinajstić information content (AvgIpc) is 2.72. The maximum Gasteiger partial charge on any atom is 0.247 e. The Balaban J connectivity index is 0.00000225. The Morgan fingerprint density at radius 1 is 1.28 bits per heavy atom. The minimum absolute atomic E-state index is 0. The molecular formula is C19H29ClN2O3. The molecule has 0 saturated heterocycles. The number of rotatable bonds is 5. The van der Waals surface area contributed by atoms with Crippen LogP contribution in [0.25, 0.3) is 0 Å². The van der Waals surface area contributed by atoms with Crippen molar-refractivity contribution in [2.45, 2.75) is 51.0 Å². The van der Waals surface area contributed by atoms with Gasteiger partial charge in [0.2, 0.25) is 5.91 Å². The van der Waals surface area contributed by atoms with Crippen LogP contribution in [-0.4, -0.2) is 32.2 Å². The Kier molecular flexibility index (Phi) is 7.38. The van der Waals surface area contributed by atoms with E-state index in [0.717, 1.165) is 23.8 Å². The quantitative estimate of drug-likeness (QED) is 0.807. The molecule has 2 N–H and O–H groups in total. The van der Waals surface area contributed by atoms with E-state index in [1.165, 1.54) is 38.5 Å². The highest BCUT2D eigenvalue weighted by Gasteiger charge is 2.26. The molecule has 140 valence electrons. The number of fused-ring (bicyclic) bond motifs is 1. The van der Waals surface area contributed by atoms with E-state index in [1.54, 1.807) is 11.9 Å². The summed E-state index contributed by atoms with van der Waals surface area (Å²) in [4.78, 5) is 13.7. The molecule has 1 aromatic rings. The lowest BCUT2D eigenvalue weighted by molar-refractivity contribution is -0.119. The number of hydrogen-bond acceptors (Lipinski definition) is 4. The number of amides is 1. The number of carbonyl (C=O) groups excluding carboxylic acids is 1. The van der Waals surface area contributed by atoms with E-state index in [2.05, 4.69) is 0 Å². The van der Waals surface area contributed by atoms with Gasteiger partial charge >= 0.3 is 0 Å². The van der Waals surface area contributed by atoms with Crippen LogP contribution in [0.5, 0.6) is 11.5 Å². The van der Waals surface area contributed by atoms with Crippen LogP contribution in [-0.2, 0) is 4.79 Å². The molecule has 0 aromatic heterocycles. The van der Waals surface area contributed by atoms with Crippen molar-refractivity contribution < 1.29 is 14.3 Å². The molecule has 1 heterocycles. The fourth-order valence-electron chi connectivity index (χ4n) is 3.63. The highest BCUT2D eigenvalue weighted by molar-refractivity contribution is 5.98. The third-order valence-corrected chi connectivity index (χ3v) is 5.11. The minimum atomic E-state index is -0.623. The number of halogens is 1. The number of carbonyl (C=O) groups is 1. The molecule has 1 aromatic carbocycles. The number of nitrogens with two attached hydrogens (primary N) is 1. The van der Waals surface area contributed by atoms with Gasteiger partial charge in [-0.2, -0.15) is 0 Å². The fourth-order valence-corrected chi connectivity index (χ4v) is 3.63. The van der Waals surface area contributed by atoms with E-state index in [9.17, 15) is 4.79 Å². The van der Waals surface area contributed by atoms with Gasteiger partial charge < -0.3 is 20.1 Å². The summed E-state index contributed by atoms with van der Waals surface area (Å²) in [7, 11) is 1.72. The normalized spacial score (nSPS) is 21.0. The topological polar surface area (TPSA) is 64.8 Å². The summed E-state index contributed by atoms with van der Waals surface area (Å²) in [5.74, 6) is 2.20. The van der Waals surface area contributed by atoms with Gasteiger partial charge in [-0.15, -0.1) is 12.4 Å². The van der Waals surface area contributed by atoms with E-state index in [0.29, 0.717) is 12.4 Å². The Morgan fingerprint density at radius 2 is 2.04 bits per heavy atom. The maximum atomic E-state index is 12.1. The van der Waals surface area contributed by atoms with Gasteiger partial charge in [0.05, 0.1) is 12.3 Å². The van der Waals surface area contributed by atoms with Gasteiger partial charge in [-0.25, -0.2) is 0 Å². The van der Waals surface area contributed by atoms with Gasteiger partial charge in [0.25, 0.3) is 0 Å². The van der Waals surface area contributed by atoms with Crippen LogP contribution in [0.2, 0.25) is 0 Å². The first-order valence-corrected chi connectivity index (χ1v) is 9.08. The van der Waals surface area contributed by atoms with Crippen molar-refractivity contribution >= 4 is 24.0 Å². The Labute approximate surface area is 156 Å². The van der Waals surface area contributed by atoms with Crippen LogP contribution in [0.4, 0.5) is 5.69 Å². The number of benzene rings is 1. The summed E-state index contributed by atoms with van der Waals surface area (Å²) < 4.78 is 11.5. The second-order valence-corrected chi connectivity index (χ2v) is 6.94. The first-order valence-electron chi connectivity index (χ1n) is 9.08. The number of nitrogens with zero attached hydrogens (tertiary/aromatic N) is 1. The molecule has 0 radical (unpaired) electrons. The summed E-state index contributed by atoms with van der Waals surface area (Å²) in [6, 6.07) is 5.00. The van der Waals surface area contributed by atoms with Crippen LogP contribution in [0, 0.1) is 5.92 Å². The van der Waals surface area contributed by atoms with Crippen LogP contribution < -0.4 is 20.1 Å². The first kappa shape index (κ1) is 19.9. The third-order valence-electron chi connectivity index (χ3n) is 5.11. The lowest BCUT2D eigenvalue weighted by atomic mass is 9.86. The second kappa shape index (κ2) is 9.30. The van der Waals surface area contributed by atoms with Crippen molar-refractivity contribution in [3.63, 3.8) is 0 Å². The van der Waals surface area contributed by atoms with E-state index >= 15 is 0 Å². The number of anilines is 1. The third kappa shape index (κ3) is 5.02. The van der Waals surface area contributed by atoms with Crippen molar-refractivity contribution in [2.75, 3.05) is 25.2 Å². The van der Waals surface area contributed by atoms with E-state index in [4.69, 9.17) is 15.2 Å². The number of hydrogen-bond donors (Lipinski definition) is 1. The van der Waals surface area contributed by atoms with Crippen molar-refractivity contribution in [3.8, 4) is 11.5 Å². The van der Waals surface area contributed by atoms with Crippen LogP contribution in [0.3, 0.4) is 0 Å². The van der Waals surface area contributed by atoms with Crippen LogP contribution in [0.1, 0.15) is 44.9 Å². The molecule has 1 atom stereocenters. The summed E-state index contributed by atoms with van der Waals surface area (Å²) in [5, 5.41) is 0. The molecule has 2 aliphatic rings. The molecule has 1 aliphatic carbocycles. The summed E-state index contributed by atoms with van der Waals surface area (Å²) in [6.07, 6.45) is 9.27. The van der Waals surface area contributed by atoms with Crippen molar-refractivity contribution in [1.29, 1.82) is 0 Å². The van der Waals surface area contributed by atoms with Crippen molar-refractivity contribution in [2.24, 2.45) is 11.7 Å². The molecular weight excluding hydrogens is 340 g/mol. The monoisotopic (exact) mass is 368 g/mol. The molecule has 3 rings (SSSR count). The van der Waals surface area contributed by atoms with Crippen molar-refractivity contribution in [3.05, 3.63) is 18.2 Å². The van der Waals surface area contributed by atoms with Gasteiger partial charge in [0.15, 0.2) is 0 Å². The zero-order valence-electron chi connectivity index (χ0n) is 14.9. The lowest BCUT2D eigenvalue weighted by Gasteiger charge is -2.21. The molecule has 6 heteroatoms. The van der Waals surface area contributed by atoms with E-state index in [1.807, 2.05) is 18.2 Å². The molecule has 0 spiro atoms. The molecule has 0 unspecified atom stereocenters. The molecule has 1 amide bonds. The van der Waals surface area contributed by atoms with Gasteiger partial charge in [0.1, 0.15) is 24.1 Å². The highest BCUT2D eigenvalue weighted by atomic mass is 35.5. The number of ether oxygens (including phenoxy) is 2. The Morgan fingerprint density at radius 3 is 2.80 bits per heavy atom. The summed E-state index contributed by atoms with van der Waals surface area (Å²) in [6.45, 7) is 0.922. The first-order chi connectivity index (χ1) is 11.6. The van der Waals surface area contributed by atoms with Gasteiger partial charge in [-0.1, -0.05) is 32.1 Å². The molecule has 5 nitrogen and oxygen atoms in total. The minimum Gasteiger partial charge on any atom is -0.494 e. The lowest BCUT2D eigenvalue weighted by Crippen LogP contribution is -2.43. The SMILES string of the molecule is CN1C(=O)[C@@H](N)COc2ccc(OCCCC3CCCCC3)cc21.Cl. The molecule has 1 aliphatic heterocycles. The average molecular weight is 369 g/mol. The fraction of sp³-hybridized carbons (Fsp3) is 0.632. The molecule has 25 heavy (non-hydrogen) atoms. The van der Waals surface area contributed by atoms with E-state index in [-0.39, 0.29) is 24.9 Å². The summed E-state index contributed by atoms with van der Waals surface area (Å²) in [5.41, 5.74) is 6.53. The predicted octanol–water partition coefficient (Wildman–Crippen LogP) is 3.53. The summed E-state index contributed by atoms with van der Waals surface area (Å²) >= 11 is 0. The molecule has 1 saturated carbocycles. The largest absolute Gasteiger partial charge is 0.494 e. The van der Waals surface area contributed by atoms with Crippen molar-refractivity contribution in [1.82, 2.24) is 0 Å². The standard InChI is InChI=1S/C19H28N2O3.ClH/c1-21-17-12-15(9-10-18(17)24-13-16(20)19(21)22)23-11-5-8-14-6-3-2-4-7-14;/h9-10,12,14,16H,2-8,11,13,20H2,1H3;1H/t16-;/m0./s1. The maximum absolute atomic E-state index is 12.1. The zero-order chi connectivity index (χ0) is 16.9. The van der Waals surface area contributed by atoms with Crippen LogP contribution in [0.15, 0.2) is 18.2 Å². The second-order valence-electron chi connectivity index (χ2n) is 6.94. The molecule has 0 bridgehead atoms. The zero-order valence-corrected chi connectivity index (χ0v) is 15.7. The predicted molar refractivity (Wildman–Crippen MR) is 102 cm³/mol. The van der Waals surface area contributed by atoms with Gasteiger partial charge in [0, 0.05) is 13.1 Å². The van der Waals surface area contributed by atoms with Gasteiger partial charge in [-0.3, -0.25) is 4.79 Å². The number of likely N-dealkylation sites (N-methyl/N-ethyl adjacent to an activating group) is 1. The smallest absolute Gasteiger partial charge is 0.247 e. The van der Waals surface area contributed by atoms with Crippen LogP contribution >= 0.6 is 12.4 Å².